The smallest absolute Gasteiger partial charge is 0.410 e. The van der Waals surface area contributed by atoms with E-state index in [1.54, 1.807) is 24.3 Å². The molecule has 10 heteroatoms. The molecule has 3 atom stereocenters. The Morgan fingerprint density at radius 2 is 1.92 bits per heavy atom. The van der Waals surface area contributed by atoms with Crippen molar-refractivity contribution in [3.63, 3.8) is 0 Å². The summed E-state index contributed by atoms with van der Waals surface area (Å²) in [6.45, 7) is 9.63. The number of fused-ring (bicyclic) bond motifs is 1. The van der Waals surface area contributed by atoms with Crippen LogP contribution in [0.3, 0.4) is 0 Å². The summed E-state index contributed by atoms with van der Waals surface area (Å²) < 4.78 is 37.4. The molecular weight excluding hydrogens is 480 g/mol. The molecule has 0 radical (unpaired) electrons. The molecule has 3 aromatic rings. The summed E-state index contributed by atoms with van der Waals surface area (Å²) in [5.41, 5.74) is 0.284. The lowest BCUT2D eigenvalue weighted by Crippen LogP contribution is -2.44. The van der Waals surface area contributed by atoms with Gasteiger partial charge in [-0.2, -0.15) is 0 Å². The van der Waals surface area contributed by atoms with E-state index in [1.165, 1.54) is 12.6 Å². The van der Waals surface area contributed by atoms with Crippen LogP contribution < -0.4 is 4.74 Å². The number of carbonyl (C=O) groups excluding carboxylic acids is 1. The van der Waals surface area contributed by atoms with Gasteiger partial charge in [0.15, 0.2) is 9.84 Å². The van der Waals surface area contributed by atoms with Gasteiger partial charge in [0.05, 0.1) is 16.5 Å². The summed E-state index contributed by atoms with van der Waals surface area (Å²) in [7, 11) is -3.29. The van der Waals surface area contributed by atoms with Crippen LogP contribution in [0.5, 0.6) is 5.88 Å². The van der Waals surface area contributed by atoms with Crippen LogP contribution in [0.25, 0.3) is 16.7 Å². The van der Waals surface area contributed by atoms with Gasteiger partial charge in [0.25, 0.3) is 0 Å². The molecule has 1 aliphatic heterocycles. The van der Waals surface area contributed by atoms with E-state index in [0.717, 1.165) is 23.7 Å². The molecule has 0 saturated carbocycles. The minimum absolute atomic E-state index is 0.0311. The molecule has 0 spiro atoms. The van der Waals surface area contributed by atoms with Crippen LogP contribution in [0, 0.1) is 0 Å². The molecular formula is C26H34N4O5S. The van der Waals surface area contributed by atoms with Gasteiger partial charge >= 0.3 is 6.09 Å². The third-order valence-corrected chi connectivity index (χ3v) is 7.39. The first-order valence-corrected chi connectivity index (χ1v) is 14.0. The molecule has 1 aromatic carbocycles. The Bertz CT molecular complexity index is 1360. The molecule has 1 aliphatic rings. The number of aromatic nitrogens is 3. The van der Waals surface area contributed by atoms with E-state index in [0.29, 0.717) is 18.1 Å². The lowest BCUT2D eigenvalue weighted by atomic mass is 10.1. The SMILES string of the molecule is CC(CC1CCC(C)N1C(=O)OC(C)(C)C)Oc1cc(-n2ccc3cc(S(C)(=O)=O)ccc32)ncn1. The van der Waals surface area contributed by atoms with Crippen molar-refractivity contribution in [2.45, 2.75) is 82.6 Å². The summed E-state index contributed by atoms with van der Waals surface area (Å²) in [4.78, 5) is 23.6. The van der Waals surface area contributed by atoms with Crippen LogP contribution in [-0.4, -0.2) is 64.0 Å². The number of ether oxygens (including phenoxy) is 2. The van der Waals surface area contributed by atoms with Gasteiger partial charge in [-0.25, -0.2) is 23.2 Å². The molecule has 1 amide bonds. The molecule has 9 nitrogen and oxygen atoms in total. The van der Waals surface area contributed by atoms with Crippen molar-refractivity contribution >= 4 is 26.8 Å². The highest BCUT2D eigenvalue weighted by molar-refractivity contribution is 7.90. The zero-order valence-corrected chi connectivity index (χ0v) is 22.4. The highest BCUT2D eigenvalue weighted by Crippen LogP contribution is 2.30. The van der Waals surface area contributed by atoms with Gasteiger partial charge in [-0.15, -0.1) is 0 Å². The van der Waals surface area contributed by atoms with Crippen LogP contribution in [0.15, 0.2) is 47.8 Å². The largest absolute Gasteiger partial charge is 0.474 e. The first kappa shape index (κ1) is 25.9. The Kier molecular flexibility index (Phi) is 7.01. The van der Waals surface area contributed by atoms with Crippen LogP contribution in [0.4, 0.5) is 4.79 Å². The Labute approximate surface area is 212 Å². The summed E-state index contributed by atoms with van der Waals surface area (Å²) in [6.07, 6.45) is 6.48. The Balaban J connectivity index is 1.48. The fourth-order valence-corrected chi connectivity index (χ4v) is 5.32. The first-order chi connectivity index (χ1) is 16.8. The molecule has 1 saturated heterocycles. The predicted octanol–water partition coefficient (Wildman–Crippen LogP) is 4.77. The second kappa shape index (κ2) is 9.72. The third-order valence-electron chi connectivity index (χ3n) is 6.28. The van der Waals surface area contributed by atoms with Gasteiger partial charge in [0.1, 0.15) is 17.7 Å². The lowest BCUT2D eigenvalue weighted by molar-refractivity contribution is 0.0124. The molecule has 3 heterocycles. The van der Waals surface area contributed by atoms with Crippen molar-refractivity contribution in [1.29, 1.82) is 0 Å². The van der Waals surface area contributed by atoms with Crippen molar-refractivity contribution in [3.05, 3.63) is 42.9 Å². The second-order valence-electron chi connectivity index (χ2n) is 10.5. The van der Waals surface area contributed by atoms with Crippen molar-refractivity contribution in [2.75, 3.05) is 6.26 Å². The summed E-state index contributed by atoms with van der Waals surface area (Å²) in [5, 5.41) is 0.796. The number of carbonyl (C=O) groups is 1. The zero-order chi connectivity index (χ0) is 26.3. The normalized spacial score (nSPS) is 19.4. The number of likely N-dealkylation sites (tertiary alicyclic amines) is 1. The van der Waals surface area contributed by atoms with Crippen molar-refractivity contribution in [3.8, 4) is 11.7 Å². The van der Waals surface area contributed by atoms with Gasteiger partial charge in [0.2, 0.25) is 5.88 Å². The van der Waals surface area contributed by atoms with E-state index in [2.05, 4.69) is 9.97 Å². The van der Waals surface area contributed by atoms with Crippen LogP contribution >= 0.6 is 0 Å². The number of sulfone groups is 1. The van der Waals surface area contributed by atoms with Crippen LogP contribution in [-0.2, 0) is 14.6 Å². The standard InChI is InChI=1S/C26H34N4O5S/c1-17-7-8-20(30(17)25(31)35-26(3,4)5)13-18(2)34-24-15-23(27-16-28-24)29-12-11-19-14-21(36(6,32)33)9-10-22(19)29/h9-12,14-18,20H,7-8,13H2,1-6H3. The van der Waals surface area contributed by atoms with Crippen molar-refractivity contribution in [1.82, 2.24) is 19.4 Å². The lowest BCUT2D eigenvalue weighted by Gasteiger charge is -2.32. The molecule has 194 valence electrons. The summed E-state index contributed by atoms with van der Waals surface area (Å²) in [5.74, 6) is 1.04. The minimum Gasteiger partial charge on any atom is -0.474 e. The number of nitrogens with zero attached hydrogens (tertiary/aromatic N) is 4. The van der Waals surface area contributed by atoms with Crippen molar-refractivity contribution in [2.24, 2.45) is 0 Å². The number of hydrogen-bond acceptors (Lipinski definition) is 7. The molecule has 0 N–H and O–H groups in total. The van der Waals surface area contributed by atoms with Crippen molar-refractivity contribution < 1.29 is 22.7 Å². The maximum Gasteiger partial charge on any atom is 0.410 e. The fraction of sp³-hybridized carbons (Fsp3) is 0.500. The molecule has 2 aromatic heterocycles. The van der Waals surface area contributed by atoms with E-state index in [9.17, 15) is 13.2 Å². The van der Waals surface area contributed by atoms with Gasteiger partial charge in [-0.1, -0.05) is 0 Å². The number of benzene rings is 1. The Morgan fingerprint density at radius 1 is 1.17 bits per heavy atom. The summed E-state index contributed by atoms with van der Waals surface area (Å²) in [6, 6.07) is 8.76. The fourth-order valence-electron chi connectivity index (χ4n) is 4.66. The molecule has 1 fully saturated rings. The second-order valence-corrected chi connectivity index (χ2v) is 12.5. The van der Waals surface area contributed by atoms with E-state index in [4.69, 9.17) is 9.47 Å². The Morgan fingerprint density at radius 3 is 2.61 bits per heavy atom. The van der Waals surface area contributed by atoms with Gasteiger partial charge in [-0.3, -0.25) is 0 Å². The van der Waals surface area contributed by atoms with Gasteiger partial charge < -0.3 is 18.9 Å². The van der Waals surface area contributed by atoms with Gasteiger partial charge in [-0.05, 0) is 71.7 Å². The number of rotatable bonds is 6. The van der Waals surface area contributed by atoms with E-state index in [1.807, 2.05) is 56.3 Å². The molecule has 0 aliphatic carbocycles. The highest BCUT2D eigenvalue weighted by Gasteiger charge is 2.37. The first-order valence-electron chi connectivity index (χ1n) is 12.1. The average molecular weight is 515 g/mol. The summed E-state index contributed by atoms with van der Waals surface area (Å²) >= 11 is 0. The number of amides is 1. The van der Waals surface area contributed by atoms with Gasteiger partial charge in [0, 0.05) is 42.4 Å². The topological polar surface area (TPSA) is 104 Å². The zero-order valence-electron chi connectivity index (χ0n) is 21.6. The molecule has 4 rings (SSSR count). The minimum atomic E-state index is -3.29. The molecule has 0 bridgehead atoms. The monoisotopic (exact) mass is 514 g/mol. The van der Waals surface area contributed by atoms with Crippen LogP contribution in [0.2, 0.25) is 0 Å². The van der Waals surface area contributed by atoms with E-state index < -0.39 is 15.4 Å². The van der Waals surface area contributed by atoms with Crippen LogP contribution in [0.1, 0.15) is 53.9 Å². The maximum atomic E-state index is 12.8. The Hall–Kier alpha value is -3.14. The highest BCUT2D eigenvalue weighted by atomic mass is 32.2. The van der Waals surface area contributed by atoms with E-state index in [-0.39, 0.29) is 29.2 Å². The molecule has 3 unspecified atom stereocenters. The molecule has 36 heavy (non-hydrogen) atoms. The predicted molar refractivity (Wildman–Crippen MR) is 137 cm³/mol. The average Bonchev–Trinajstić information content (AvgIpc) is 3.35. The number of hydrogen-bond donors (Lipinski definition) is 0. The quantitative estimate of drug-likeness (QED) is 0.467. The maximum absolute atomic E-state index is 12.8. The van der Waals surface area contributed by atoms with E-state index >= 15 is 0 Å². The third kappa shape index (κ3) is 5.80.